The van der Waals surface area contributed by atoms with E-state index >= 15 is 0 Å². The van der Waals surface area contributed by atoms with Crippen molar-refractivity contribution in [3.05, 3.63) is 59.0 Å². The van der Waals surface area contributed by atoms with Gasteiger partial charge in [-0.2, -0.15) is 0 Å². The summed E-state index contributed by atoms with van der Waals surface area (Å²) in [6.07, 6.45) is 9.85. The van der Waals surface area contributed by atoms with E-state index in [4.69, 9.17) is 10.2 Å². The molecule has 1 aromatic carbocycles. The molecule has 30 heavy (non-hydrogen) atoms. The van der Waals surface area contributed by atoms with Crippen LogP contribution < -0.4 is 5.32 Å². The van der Waals surface area contributed by atoms with Crippen molar-refractivity contribution in [1.82, 2.24) is 9.97 Å². The molecule has 2 heterocycles. The minimum Gasteiger partial charge on any atom is -0.506 e. The van der Waals surface area contributed by atoms with E-state index in [-0.39, 0.29) is 5.75 Å². The van der Waals surface area contributed by atoms with Gasteiger partial charge < -0.3 is 15.6 Å². The third kappa shape index (κ3) is 4.53. The van der Waals surface area contributed by atoms with Gasteiger partial charge in [-0.25, -0.2) is 4.98 Å². The molecule has 0 atom stereocenters. The number of oxime groups is 1. The summed E-state index contributed by atoms with van der Waals surface area (Å²) in [5, 5.41) is 26.3. The van der Waals surface area contributed by atoms with Gasteiger partial charge in [0.25, 0.3) is 0 Å². The van der Waals surface area contributed by atoms with Gasteiger partial charge in [-0.05, 0) is 68.7 Å². The molecule has 0 bridgehead atoms. The van der Waals surface area contributed by atoms with E-state index in [2.05, 4.69) is 39.7 Å². The van der Waals surface area contributed by atoms with E-state index in [1.165, 1.54) is 41.6 Å². The molecule has 1 aliphatic rings. The van der Waals surface area contributed by atoms with Crippen molar-refractivity contribution in [2.24, 2.45) is 5.16 Å². The molecule has 0 aliphatic heterocycles. The molecule has 0 saturated heterocycles. The van der Waals surface area contributed by atoms with E-state index < -0.39 is 0 Å². The zero-order chi connectivity index (χ0) is 20.8. The molecule has 6 nitrogen and oxygen atoms in total. The first kappa shape index (κ1) is 20.1. The number of hydrogen-bond acceptors (Lipinski definition) is 6. The van der Waals surface area contributed by atoms with Crippen LogP contribution in [0.2, 0.25) is 0 Å². The highest BCUT2D eigenvalue weighted by Gasteiger charge is 2.16. The number of pyridine rings is 2. The third-order valence-electron chi connectivity index (χ3n) is 5.72. The SMILES string of the molecule is ON=Cc1nc(CCCCNc2c3c(nc4ccccc24)CCCCC3)ccc1O. The maximum absolute atomic E-state index is 9.73. The van der Waals surface area contributed by atoms with Crippen LogP contribution in [0.15, 0.2) is 41.6 Å². The molecule has 0 fully saturated rings. The first-order valence-electron chi connectivity index (χ1n) is 10.8. The number of rotatable bonds is 7. The van der Waals surface area contributed by atoms with E-state index in [1.54, 1.807) is 6.07 Å². The lowest BCUT2D eigenvalue weighted by molar-refractivity contribution is 0.321. The van der Waals surface area contributed by atoms with Gasteiger partial charge >= 0.3 is 0 Å². The molecular weight excluding hydrogens is 376 g/mol. The van der Waals surface area contributed by atoms with Crippen LogP contribution >= 0.6 is 0 Å². The fraction of sp³-hybridized carbons (Fsp3) is 0.375. The van der Waals surface area contributed by atoms with Gasteiger partial charge in [-0.3, -0.25) is 4.98 Å². The van der Waals surface area contributed by atoms with E-state index in [0.717, 1.165) is 56.1 Å². The van der Waals surface area contributed by atoms with Crippen LogP contribution in [0.25, 0.3) is 10.9 Å². The van der Waals surface area contributed by atoms with Crippen molar-refractivity contribution in [1.29, 1.82) is 0 Å². The Morgan fingerprint density at radius 1 is 1.00 bits per heavy atom. The molecule has 4 rings (SSSR count). The number of nitrogens with one attached hydrogen (secondary N) is 1. The normalized spacial score (nSPS) is 14.0. The number of para-hydroxylation sites is 1. The Morgan fingerprint density at radius 3 is 2.77 bits per heavy atom. The van der Waals surface area contributed by atoms with Crippen molar-refractivity contribution in [3.63, 3.8) is 0 Å². The molecule has 6 heteroatoms. The average molecular weight is 405 g/mol. The van der Waals surface area contributed by atoms with E-state index in [1.807, 2.05) is 6.07 Å². The summed E-state index contributed by atoms with van der Waals surface area (Å²) in [5.74, 6) is 0.0171. The summed E-state index contributed by atoms with van der Waals surface area (Å²) >= 11 is 0. The quantitative estimate of drug-likeness (QED) is 0.172. The molecule has 0 saturated carbocycles. The lowest BCUT2D eigenvalue weighted by Gasteiger charge is -2.17. The van der Waals surface area contributed by atoms with Gasteiger partial charge in [0.05, 0.1) is 11.7 Å². The Hall–Kier alpha value is -3.15. The highest BCUT2D eigenvalue weighted by atomic mass is 16.4. The largest absolute Gasteiger partial charge is 0.506 e. The van der Waals surface area contributed by atoms with Crippen LogP contribution in [-0.4, -0.2) is 33.0 Å². The van der Waals surface area contributed by atoms with Crippen LogP contribution in [-0.2, 0) is 19.3 Å². The Balaban J connectivity index is 1.42. The first-order chi connectivity index (χ1) is 14.8. The first-order valence-corrected chi connectivity index (χ1v) is 10.8. The lowest BCUT2D eigenvalue weighted by Crippen LogP contribution is -2.09. The highest BCUT2D eigenvalue weighted by Crippen LogP contribution is 2.32. The number of fused-ring (bicyclic) bond motifs is 2. The maximum Gasteiger partial charge on any atom is 0.142 e. The smallest absolute Gasteiger partial charge is 0.142 e. The number of unbranched alkanes of at least 4 members (excludes halogenated alkanes) is 1. The molecule has 156 valence electrons. The number of aromatic hydroxyl groups is 1. The Kier molecular flexibility index (Phi) is 6.42. The summed E-state index contributed by atoms with van der Waals surface area (Å²) in [5.41, 5.74) is 6.18. The molecule has 3 N–H and O–H groups in total. The summed E-state index contributed by atoms with van der Waals surface area (Å²) in [4.78, 5) is 9.29. The number of hydrogen-bond donors (Lipinski definition) is 3. The van der Waals surface area contributed by atoms with E-state index in [0.29, 0.717) is 5.69 Å². The van der Waals surface area contributed by atoms with Crippen LogP contribution in [0.1, 0.15) is 54.7 Å². The minimum atomic E-state index is 0.0171. The number of benzene rings is 1. The highest BCUT2D eigenvalue weighted by molar-refractivity contribution is 5.93. The van der Waals surface area contributed by atoms with Crippen LogP contribution in [0.3, 0.4) is 0 Å². The number of nitrogens with zero attached hydrogens (tertiary/aromatic N) is 3. The standard InChI is InChI=1S/C24H28N4O2/c29-23-14-13-17(27-22(23)16-26-30)8-6-7-15-25-24-18-9-2-1-3-11-20(18)28-21-12-5-4-10-19(21)24/h4-5,10,12-14,16,29-30H,1-3,6-9,11,15H2,(H,25,28). The van der Waals surface area contributed by atoms with Crippen molar-refractivity contribution >= 4 is 22.8 Å². The topological polar surface area (TPSA) is 90.6 Å². The van der Waals surface area contributed by atoms with Crippen LogP contribution in [0.4, 0.5) is 5.69 Å². The van der Waals surface area contributed by atoms with E-state index in [9.17, 15) is 5.11 Å². The Bertz CT molecular complexity index is 1050. The summed E-state index contributed by atoms with van der Waals surface area (Å²) < 4.78 is 0. The number of anilines is 1. The molecule has 0 radical (unpaired) electrons. The van der Waals surface area contributed by atoms with Gasteiger partial charge in [-0.15, -0.1) is 0 Å². The molecule has 0 spiro atoms. The Morgan fingerprint density at radius 2 is 1.87 bits per heavy atom. The Labute approximate surface area is 176 Å². The molecule has 2 aromatic heterocycles. The maximum atomic E-state index is 9.73. The summed E-state index contributed by atoms with van der Waals surface area (Å²) in [6.45, 7) is 0.892. The lowest BCUT2D eigenvalue weighted by atomic mass is 10.0. The predicted octanol–water partition coefficient (Wildman–Crippen LogP) is 4.85. The second kappa shape index (κ2) is 9.57. The van der Waals surface area contributed by atoms with Gasteiger partial charge in [0.15, 0.2) is 0 Å². The van der Waals surface area contributed by atoms with Crippen LogP contribution in [0, 0.1) is 0 Å². The number of aryl methyl sites for hydroxylation is 2. The molecule has 0 unspecified atom stereocenters. The monoisotopic (exact) mass is 404 g/mol. The van der Waals surface area contributed by atoms with Crippen LogP contribution in [0.5, 0.6) is 5.75 Å². The zero-order valence-electron chi connectivity index (χ0n) is 17.1. The van der Waals surface area contributed by atoms with Gasteiger partial charge in [-0.1, -0.05) is 29.8 Å². The van der Waals surface area contributed by atoms with Crippen molar-refractivity contribution in [3.8, 4) is 5.75 Å². The average Bonchev–Trinajstić information content (AvgIpc) is 3.00. The third-order valence-corrected chi connectivity index (χ3v) is 5.72. The van der Waals surface area contributed by atoms with Gasteiger partial charge in [0, 0.05) is 29.0 Å². The molecule has 0 amide bonds. The van der Waals surface area contributed by atoms with Crippen molar-refractivity contribution in [2.45, 2.75) is 51.4 Å². The fourth-order valence-corrected chi connectivity index (χ4v) is 4.19. The molecule has 1 aliphatic carbocycles. The second-order valence-corrected chi connectivity index (χ2v) is 7.83. The van der Waals surface area contributed by atoms with Crippen molar-refractivity contribution < 1.29 is 10.3 Å². The molecular formula is C24H28N4O2. The number of aromatic nitrogens is 2. The summed E-state index contributed by atoms with van der Waals surface area (Å²) in [7, 11) is 0. The second-order valence-electron chi connectivity index (χ2n) is 7.83. The fourth-order valence-electron chi connectivity index (χ4n) is 4.19. The predicted molar refractivity (Wildman–Crippen MR) is 120 cm³/mol. The minimum absolute atomic E-state index is 0.0171. The summed E-state index contributed by atoms with van der Waals surface area (Å²) in [6, 6.07) is 11.8. The molecule has 3 aromatic rings. The van der Waals surface area contributed by atoms with Crippen molar-refractivity contribution in [2.75, 3.05) is 11.9 Å². The van der Waals surface area contributed by atoms with Gasteiger partial charge in [0.1, 0.15) is 11.4 Å². The van der Waals surface area contributed by atoms with Gasteiger partial charge in [0.2, 0.25) is 0 Å². The zero-order valence-corrected chi connectivity index (χ0v) is 17.1.